The molecule has 1 aliphatic heterocycles. The van der Waals surface area contributed by atoms with Gasteiger partial charge >= 0.3 is 0 Å². The predicted molar refractivity (Wildman–Crippen MR) is 56.1 cm³/mol. The maximum absolute atomic E-state index is 9.13. The van der Waals surface area contributed by atoms with Crippen LogP contribution in [-0.4, -0.2) is 23.4 Å². The van der Waals surface area contributed by atoms with Crippen LogP contribution in [0.3, 0.4) is 0 Å². The Morgan fingerprint density at radius 2 is 1.86 bits per heavy atom. The van der Waals surface area contributed by atoms with E-state index in [4.69, 9.17) is 9.84 Å². The Hall–Kier alpha value is -0.0800. The van der Waals surface area contributed by atoms with Gasteiger partial charge in [-0.15, -0.1) is 0 Å². The fourth-order valence-corrected chi connectivity index (χ4v) is 3.37. The van der Waals surface area contributed by atoms with Crippen molar-refractivity contribution in [2.45, 2.75) is 57.7 Å². The Labute approximate surface area is 86.6 Å². The van der Waals surface area contributed by atoms with E-state index < -0.39 is 0 Å². The van der Waals surface area contributed by atoms with Crippen molar-refractivity contribution in [2.24, 2.45) is 11.8 Å². The van der Waals surface area contributed by atoms with Crippen LogP contribution in [0.1, 0.15) is 46.0 Å². The van der Waals surface area contributed by atoms with Crippen LogP contribution >= 0.6 is 0 Å². The zero-order valence-corrected chi connectivity index (χ0v) is 9.33. The van der Waals surface area contributed by atoms with Crippen LogP contribution in [0.2, 0.25) is 0 Å². The molecule has 0 amide bonds. The summed E-state index contributed by atoms with van der Waals surface area (Å²) in [5, 5.41) is 9.13. The molecule has 1 heterocycles. The number of hydrogen-bond donors (Lipinski definition) is 1. The third-order valence-corrected chi connectivity index (χ3v) is 4.39. The van der Waals surface area contributed by atoms with E-state index in [1.165, 1.54) is 19.3 Å². The van der Waals surface area contributed by atoms with Gasteiger partial charge in [0.1, 0.15) is 0 Å². The van der Waals surface area contributed by atoms with Crippen LogP contribution in [0.15, 0.2) is 0 Å². The monoisotopic (exact) mass is 198 g/mol. The van der Waals surface area contributed by atoms with Gasteiger partial charge in [0.05, 0.1) is 18.3 Å². The SMILES string of the molecule is C[C@@H]1CCC[C@@H](C)C12CC[C@@H](CO)O2. The molecule has 1 N–H and O–H groups in total. The number of rotatable bonds is 1. The summed E-state index contributed by atoms with van der Waals surface area (Å²) in [5.74, 6) is 1.34. The van der Waals surface area contributed by atoms with Crippen molar-refractivity contribution in [3.05, 3.63) is 0 Å². The molecule has 1 aliphatic carbocycles. The molecule has 82 valence electrons. The molecule has 1 saturated heterocycles. The van der Waals surface area contributed by atoms with Crippen LogP contribution in [0.4, 0.5) is 0 Å². The Morgan fingerprint density at radius 3 is 2.36 bits per heavy atom. The smallest absolute Gasteiger partial charge is 0.0814 e. The van der Waals surface area contributed by atoms with Crippen molar-refractivity contribution in [1.82, 2.24) is 0 Å². The normalized spacial score (nSPS) is 41.8. The molecule has 2 nitrogen and oxygen atoms in total. The van der Waals surface area contributed by atoms with Crippen LogP contribution in [-0.2, 0) is 4.74 Å². The van der Waals surface area contributed by atoms with E-state index in [0.29, 0.717) is 11.8 Å². The quantitative estimate of drug-likeness (QED) is 0.701. The van der Waals surface area contributed by atoms with Gasteiger partial charge in [-0.2, -0.15) is 0 Å². The number of aliphatic hydroxyl groups excluding tert-OH is 1. The van der Waals surface area contributed by atoms with Gasteiger partial charge < -0.3 is 9.84 Å². The molecule has 1 spiro atoms. The molecule has 0 bridgehead atoms. The molecule has 0 aromatic heterocycles. The summed E-state index contributed by atoms with van der Waals surface area (Å²) in [4.78, 5) is 0. The van der Waals surface area contributed by atoms with Crippen molar-refractivity contribution in [3.63, 3.8) is 0 Å². The molecular formula is C12H22O2. The Morgan fingerprint density at radius 1 is 1.21 bits per heavy atom. The lowest BCUT2D eigenvalue weighted by atomic mass is 9.68. The van der Waals surface area contributed by atoms with Crippen LogP contribution in [0.25, 0.3) is 0 Å². The Bertz CT molecular complexity index is 192. The lowest BCUT2D eigenvalue weighted by Crippen LogP contribution is -2.46. The first kappa shape index (κ1) is 10.4. The molecule has 14 heavy (non-hydrogen) atoms. The average molecular weight is 198 g/mol. The minimum atomic E-state index is 0.103. The second-order valence-corrected chi connectivity index (χ2v) is 5.15. The number of ether oxygens (including phenoxy) is 1. The van der Waals surface area contributed by atoms with Crippen molar-refractivity contribution < 1.29 is 9.84 Å². The summed E-state index contributed by atoms with van der Waals surface area (Å²) in [6, 6.07) is 0. The van der Waals surface area contributed by atoms with E-state index in [1.54, 1.807) is 0 Å². The molecule has 2 aliphatic rings. The molecule has 3 atom stereocenters. The molecular weight excluding hydrogens is 176 g/mol. The fraction of sp³-hybridized carbons (Fsp3) is 1.00. The summed E-state index contributed by atoms with van der Waals surface area (Å²) in [6.45, 7) is 4.83. The fourth-order valence-electron chi connectivity index (χ4n) is 3.37. The molecule has 2 rings (SSSR count). The lowest BCUT2D eigenvalue weighted by Gasteiger charge is -2.44. The summed E-state index contributed by atoms with van der Waals surface area (Å²) in [6.07, 6.45) is 6.24. The maximum Gasteiger partial charge on any atom is 0.0814 e. The van der Waals surface area contributed by atoms with Crippen LogP contribution in [0, 0.1) is 11.8 Å². The predicted octanol–water partition coefficient (Wildman–Crippen LogP) is 2.35. The molecule has 2 fully saturated rings. The first-order valence-electron chi connectivity index (χ1n) is 5.97. The van der Waals surface area contributed by atoms with Gasteiger partial charge in [0.2, 0.25) is 0 Å². The van der Waals surface area contributed by atoms with Crippen molar-refractivity contribution in [3.8, 4) is 0 Å². The van der Waals surface area contributed by atoms with Crippen molar-refractivity contribution >= 4 is 0 Å². The van der Waals surface area contributed by atoms with Gasteiger partial charge in [0.15, 0.2) is 0 Å². The zero-order chi connectivity index (χ0) is 10.2. The third kappa shape index (κ3) is 1.49. The topological polar surface area (TPSA) is 29.5 Å². The van der Waals surface area contributed by atoms with Gasteiger partial charge in [-0.1, -0.05) is 20.3 Å². The van der Waals surface area contributed by atoms with Gasteiger partial charge in [-0.05, 0) is 37.5 Å². The minimum absolute atomic E-state index is 0.103. The minimum Gasteiger partial charge on any atom is -0.394 e. The van der Waals surface area contributed by atoms with Crippen molar-refractivity contribution in [2.75, 3.05) is 6.61 Å². The van der Waals surface area contributed by atoms with Crippen LogP contribution in [0.5, 0.6) is 0 Å². The molecule has 0 aromatic carbocycles. The molecule has 0 radical (unpaired) electrons. The summed E-state index contributed by atoms with van der Waals surface area (Å²) in [7, 11) is 0. The highest BCUT2D eigenvalue weighted by Gasteiger charge is 2.49. The largest absolute Gasteiger partial charge is 0.394 e. The Balaban J connectivity index is 2.12. The number of aliphatic hydroxyl groups is 1. The van der Waals surface area contributed by atoms with E-state index in [-0.39, 0.29) is 18.3 Å². The third-order valence-electron chi connectivity index (χ3n) is 4.39. The van der Waals surface area contributed by atoms with Gasteiger partial charge in [-0.3, -0.25) is 0 Å². The maximum atomic E-state index is 9.13. The molecule has 0 aromatic rings. The second kappa shape index (κ2) is 3.82. The first-order valence-corrected chi connectivity index (χ1v) is 5.97. The van der Waals surface area contributed by atoms with E-state index in [0.717, 1.165) is 12.8 Å². The van der Waals surface area contributed by atoms with Crippen molar-refractivity contribution in [1.29, 1.82) is 0 Å². The Kier molecular flexibility index (Phi) is 2.85. The zero-order valence-electron chi connectivity index (χ0n) is 9.33. The lowest BCUT2D eigenvalue weighted by molar-refractivity contribution is -0.135. The highest BCUT2D eigenvalue weighted by molar-refractivity contribution is 4.98. The van der Waals surface area contributed by atoms with Gasteiger partial charge in [0.25, 0.3) is 0 Å². The number of hydrogen-bond acceptors (Lipinski definition) is 2. The first-order chi connectivity index (χ1) is 6.69. The van der Waals surface area contributed by atoms with Crippen LogP contribution < -0.4 is 0 Å². The van der Waals surface area contributed by atoms with Gasteiger partial charge in [-0.25, -0.2) is 0 Å². The summed E-state index contributed by atoms with van der Waals surface area (Å²) >= 11 is 0. The highest BCUT2D eigenvalue weighted by Crippen LogP contribution is 2.48. The summed E-state index contributed by atoms with van der Waals surface area (Å²) < 4.78 is 6.11. The second-order valence-electron chi connectivity index (χ2n) is 5.15. The average Bonchev–Trinajstić information content (AvgIpc) is 2.60. The van der Waals surface area contributed by atoms with Gasteiger partial charge in [0, 0.05) is 0 Å². The molecule has 1 saturated carbocycles. The van der Waals surface area contributed by atoms with E-state index >= 15 is 0 Å². The summed E-state index contributed by atoms with van der Waals surface area (Å²) in [5.41, 5.74) is 0.103. The highest BCUT2D eigenvalue weighted by atomic mass is 16.5. The molecule has 2 heteroatoms. The van der Waals surface area contributed by atoms with E-state index in [9.17, 15) is 0 Å². The molecule has 0 unspecified atom stereocenters. The van der Waals surface area contributed by atoms with E-state index in [1.807, 2.05) is 0 Å². The van der Waals surface area contributed by atoms with E-state index in [2.05, 4.69) is 13.8 Å². The standard InChI is InChI=1S/C12H22O2/c1-9-4-3-5-10(2)12(9)7-6-11(8-13)14-12/h9-11,13H,3-8H2,1-2H3/t9-,10-,11+/m1/s1.